The standard InChI is InChI=1S/C10H17N3O2/c1-7(5-11-2)14-6-9-12-10(15-13-9)8-3-4-8/h7-8,11H,3-6H2,1-2H3. The van der Waals surface area contributed by atoms with Crippen molar-refractivity contribution in [2.45, 2.75) is 38.4 Å². The molecule has 2 rings (SSSR count). The van der Waals surface area contributed by atoms with Gasteiger partial charge in [0.25, 0.3) is 0 Å². The molecule has 0 aromatic carbocycles. The van der Waals surface area contributed by atoms with Gasteiger partial charge in [0, 0.05) is 12.5 Å². The van der Waals surface area contributed by atoms with Gasteiger partial charge in [-0.2, -0.15) is 4.98 Å². The van der Waals surface area contributed by atoms with Crippen LogP contribution in [0.5, 0.6) is 0 Å². The topological polar surface area (TPSA) is 60.2 Å². The third kappa shape index (κ3) is 3.00. The molecule has 0 aliphatic heterocycles. The van der Waals surface area contributed by atoms with Crippen molar-refractivity contribution in [2.24, 2.45) is 0 Å². The lowest BCUT2D eigenvalue weighted by atomic mass is 10.4. The molecule has 1 atom stereocenters. The minimum atomic E-state index is 0.165. The van der Waals surface area contributed by atoms with Crippen LogP contribution in [0.3, 0.4) is 0 Å². The predicted octanol–water partition coefficient (Wildman–Crippen LogP) is 1.07. The number of ether oxygens (including phenoxy) is 1. The molecule has 1 saturated carbocycles. The molecule has 5 nitrogen and oxygen atoms in total. The smallest absolute Gasteiger partial charge is 0.229 e. The van der Waals surface area contributed by atoms with Crippen LogP contribution in [0, 0.1) is 0 Å². The Labute approximate surface area is 89.2 Å². The predicted molar refractivity (Wildman–Crippen MR) is 54.5 cm³/mol. The summed E-state index contributed by atoms with van der Waals surface area (Å²) in [6, 6.07) is 0. The van der Waals surface area contributed by atoms with E-state index < -0.39 is 0 Å². The summed E-state index contributed by atoms with van der Waals surface area (Å²) in [6.45, 7) is 3.27. The highest BCUT2D eigenvalue weighted by Crippen LogP contribution is 2.38. The molecule has 1 aromatic heterocycles. The van der Waals surface area contributed by atoms with Crippen molar-refractivity contribution in [3.63, 3.8) is 0 Å². The van der Waals surface area contributed by atoms with Gasteiger partial charge in [0.15, 0.2) is 5.82 Å². The number of aromatic nitrogens is 2. The summed E-state index contributed by atoms with van der Waals surface area (Å²) in [4.78, 5) is 4.28. The highest BCUT2D eigenvalue weighted by atomic mass is 16.5. The van der Waals surface area contributed by atoms with Crippen LogP contribution >= 0.6 is 0 Å². The first-order valence-corrected chi connectivity index (χ1v) is 5.38. The minimum Gasteiger partial charge on any atom is -0.369 e. The Morgan fingerprint density at radius 1 is 1.60 bits per heavy atom. The van der Waals surface area contributed by atoms with E-state index in [1.807, 2.05) is 14.0 Å². The molecule has 1 unspecified atom stereocenters. The van der Waals surface area contributed by atoms with Crippen LogP contribution in [0.2, 0.25) is 0 Å². The largest absolute Gasteiger partial charge is 0.369 e. The summed E-state index contributed by atoms with van der Waals surface area (Å²) < 4.78 is 10.7. The maximum absolute atomic E-state index is 5.53. The molecule has 0 spiro atoms. The molecule has 0 radical (unpaired) electrons. The van der Waals surface area contributed by atoms with Crippen LogP contribution < -0.4 is 5.32 Å². The lowest BCUT2D eigenvalue weighted by Crippen LogP contribution is -2.23. The van der Waals surface area contributed by atoms with Crippen LogP contribution in [0.15, 0.2) is 4.52 Å². The summed E-state index contributed by atoms with van der Waals surface area (Å²) in [5.41, 5.74) is 0. The number of hydrogen-bond donors (Lipinski definition) is 1. The zero-order chi connectivity index (χ0) is 10.7. The third-order valence-corrected chi connectivity index (χ3v) is 2.40. The van der Waals surface area contributed by atoms with Crippen LogP contribution in [0.1, 0.15) is 37.4 Å². The Kier molecular flexibility index (Phi) is 3.33. The van der Waals surface area contributed by atoms with Crippen LogP contribution in [0.4, 0.5) is 0 Å². The molecule has 0 saturated heterocycles. The van der Waals surface area contributed by atoms with Crippen molar-refractivity contribution in [1.82, 2.24) is 15.5 Å². The first-order valence-electron chi connectivity index (χ1n) is 5.38. The number of likely N-dealkylation sites (N-methyl/N-ethyl adjacent to an activating group) is 1. The Balaban J connectivity index is 1.77. The Morgan fingerprint density at radius 2 is 2.40 bits per heavy atom. The summed E-state index contributed by atoms with van der Waals surface area (Å²) in [7, 11) is 1.90. The fraction of sp³-hybridized carbons (Fsp3) is 0.800. The van der Waals surface area contributed by atoms with E-state index in [1.54, 1.807) is 0 Å². The van der Waals surface area contributed by atoms with Crippen molar-refractivity contribution in [1.29, 1.82) is 0 Å². The van der Waals surface area contributed by atoms with Crippen molar-refractivity contribution < 1.29 is 9.26 Å². The minimum absolute atomic E-state index is 0.165. The van der Waals surface area contributed by atoms with Gasteiger partial charge in [0.05, 0.1) is 6.10 Å². The molecule has 1 aliphatic carbocycles. The number of nitrogens with one attached hydrogen (secondary N) is 1. The van der Waals surface area contributed by atoms with Crippen LogP contribution in [-0.2, 0) is 11.3 Å². The molecular weight excluding hydrogens is 194 g/mol. The molecule has 1 N–H and O–H groups in total. The second kappa shape index (κ2) is 4.72. The molecular formula is C10H17N3O2. The first-order chi connectivity index (χ1) is 7.29. The van der Waals surface area contributed by atoms with E-state index in [0.29, 0.717) is 18.3 Å². The monoisotopic (exact) mass is 211 g/mol. The zero-order valence-electron chi connectivity index (χ0n) is 9.19. The molecule has 1 fully saturated rings. The molecule has 0 amide bonds. The summed E-state index contributed by atoms with van der Waals surface area (Å²) in [6.07, 6.45) is 2.52. The van der Waals surface area contributed by atoms with Gasteiger partial charge in [0.1, 0.15) is 6.61 Å². The van der Waals surface area contributed by atoms with E-state index >= 15 is 0 Å². The van der Waals surface area contributed by atoms with E-state index in [2.05, 4.69) is 15.5 Å². The van der Waals surface area contributed by atoms with Crippen molar-refractivity contribution in [3.8, 4) is 0 Å². The second-order valence-corrected chi connectivity index (χ2v) is 4.00. The molecule has 1 heterocycles. The van der Waals surface area contributed by atoms with Crippen LogP contribution in [-0.4, -0.2) is 29.8 Å². The van der Waals surface area contributed by atoms with E-state index in [4.69, 9.17) is 9.26 Å². The summed E-state index contributed by atoms with van der Waals surface area (Å²) in [5.74, 6) is 1.94. The summed E-state index contributed by atoms with van der Waals surface area (Å²) in [5, 5.41) is 6.93. The fourth-order valence-electron chi connectivity index (χ4n) is 1.39. The molecule has 84 valence electrons. The molecule has 15 heavy (non-hydrogen) atoms. The average molecular weight is 211 g/mol. The van der Waals surface area contributed by atoms with E-state index in [-0.39, 0.29) is 6.10 Å². The second-order valence-electron chi connectivity index (χ2n) is 4.00. The van der Waals surface area contributed by atoms with Gasteiger partial charge < -0.3 is 14.6 Å². The summed E-state index contributed by atoms with van der Waals surface area (Å²) >= 11 is 0. The zero-order valence-corrected chi connectivity index (χ0v) is 9.19. The number of nitrogens with zero attached hydrogens (tertiary/aromatic N) is 2. The van der Waals surface area contributed by atoms with Gasteiger partial charge in [-0.1, -0.05) is 5.16 Å². The SMILES string of the molecule is CNCC(C)OCc1noc(C2CC2)n1. The van der Waals surface area contributed by atoms with Gasteiger partial charge in [-0.05, 0) is 26.8 Å². The highest BCUT2D eigenvalue weighted by Gasteiger charge is 2.29. The number of hydrogen-bond acceptors (Lipinski definition) is 5. The third-order valence-electron chi connectivity index (χ3n) is 2.40. The van der Waals surface area contributed by atoms with E-state index in [0.717, 1.165) is 12.4 Å². The lowest BCUT2D eigenvalue weighted by molar-refractivity contribution is 0.0493. The van der Waals surface area contributed by atoms with E-state index in [1.165, 1.54) is 12.8 Å². The molecule has 1 aliphatic rings. The van der Waals surface area contributed by atoms with Gasteiger partial charge in [-0.25, -0.2) is 0 Å². The molecule has 5 heteroatoms. The fourth-order valence-corrected chi connectivity index (χ4v) is 1.39. The van der Waals surface area contributed by atoms with Crippen LogP contribution in [0.25, 0.3) is 0 Å². The quantitative estimate of drug-likeness (QED) is 0.762. The maximum atomic E-state index is 5.53. The van der Waals surface area contributed by atoms with Crippen molar-refractivity contribution in [3.05, 3.63) is 11.7 Å². The van der Waals surface area contributed by atoms with Gasteiger partial charge in [0.2, 0.25) is 5.89 Å². The number of rotatable bonds is 6. The van der Waals surface area contributed by atoms with Gasteiger partial charge in [-0.3, -0.25) is 0 Å². The Morgan fingerprint density at radius 3 is 3.07 bits per heavy atom. The molecule has 0 bridgehead atoms. The lowest BCUT2D eigenvalue weighted by Gasteiger charge is -2.09. The average Bonchev–Trinajstić information content (AvgIpc) is 2.96. The Bertz CT molecular complexity index is 309. The van der Waals surface area contributed by atoms with E-state index in [9.17, 15) is 0 Å². The first kappa shape index (κ1) is 10.6. The van der Waals surface area contributed by atoms with Gasteiger partial charge >= 0.3 is 0 Å². The highest BCUT2D eigenvalue weighted by molar-refractivity contribution is 5.01. The van der Waals surface area contributed by atoms with Crippen molar-refractivity contribution in [2.75, 3.05) is 13.6 Å². The normalized spacial score (nSPS) is 18.0. The molecule has 1 aromatic rings. The van der Waals surface area contributed by atoms with Gasteiger partial charge in [-0.15, -0.1) is 0 Å². The maximum Gasteiger partial charge on any atom is 0.229 e. The van der Waals surface area contributed by atoms with Crippen molar-refractivity contribution >= 4 is 0 Å². The Hall–Kier alpha value is -0.940.